The van der Waals surface area contributed by atoms with Crippen molar-refractivity contribution in [3.63, 3.8) is 0 Å². The smallest absolute Gasteiger partial charge is 0.407 e. The van der Waals surface area contributed by atoms with Crippen molar-refractivity contribution in [1.29, 1.82) is 0 Å². The Morgan fingerprint density at radius 2 is 2.05 bits per heavy atom. The van der Waals surface area contributed by atoms with E-state index in [0.717, 1.165) is 6.42 Å². The predicted molar refractivity (Wildman–Crippen MR) is 82.1 cm³/mol. The van der Waals surface area contributed by atoms with E-state index in [0.29, 0.717) is 6.61 Å². The van der Waals surface area contributed by atoms with E-state index in [9.17, 15) is 4.79 Å². The molecule has 0 saturated heterocycles. The molecule has 1 aromatic heterocycles. The number of aryl methyl sites for hydroxylation is 1. The highest BCUT2D eigenvalue weighted by Gasteiger charge is 2.18. The summed E-state index contributed by atoms with van der Waals surface area (Å²) in [6, 6.07) is 12.2. The fourth-order valence-corrected chi connectivity index (χ4v) is 3.09. The van der Waals surface area contributed by atoms with E-state index in [-0.39, 0.29) is 12.1 Å². The standard InChI is InChI=1S/C16H19NO2S/c1-3-19-16(18)17-14(15-12(2)9-10-20-15)11-13-7-5-4-6-8-13/h4-10,14H,3,11H2,1-2H3,(H,17,18). The Hall–Kier alpha value is -1.81. The monoisotopic (exact) mass is 289 g/mol. The molecule has 1 heterocycles. The molecule has 0 saturated carbocycles. The van der Waals surface area contributed by atoms with Crippen LogP contribution < -0.4 is 5.32 Å². The maximum absolute atomic E-state index is 11.7. The summed E-state index contributed by atoms with van der Waals surface area (Å²) in [6.07, 6.45) is 0.405. The lowest BCUT2D eigenvalue weighted by Crippen LogP contribution is -2.30. The van der Waals surface area contributed by atoms with Crippen molar-refractivity contribution in [2.24, 2.45) is 0 Å². The molecule has 20 heavy (non-hydrogen) atoms. The first-order valence-electron chi connectivity index (χ1n) is 6.72. The molecule has 1 unspecified atom stereocenters. The lowest BCUT2D eigenvalue weighted by atomic mass is 10.0. The average Bonchev–Trinajstić information content (AvgIpc) is 2.86. The summed E-state index contributed by atoms with van der Waals surface area (Å²) < 4.78 is 5.00. The van der Waals surface area contributed by atoms with Crippen LogP contribution in [0, 0.1) is 6.92 Å². The number of thiophene rings is 1. The zero-order valence-electron chi connectivity index (χ0n) is 11.8. The van der Waals surface area contributed by atoms with Gasteiger partial charge in [0.05, 0.1) is 12.6 Å². The topological polar surface area (TPSA) is 38.3 Å². The van der Waals surface area contributed by atoms with Gasteiger partial charge in [-0.15, -0.1) is 11.3 Å². The largest absolute Gasteiger partial charge is 0.450 e. The second-order valence-corrected chi connectivity index (χ2v) is 5.52. The van der Waals surface area contributed by atoms with Gasteiger partial charge >= 0.3 is 6.09 Å². The van der Waals surface area contributed by atoms with Crippen LogP contribution in [0.4, 0.5) is 4.79 Å². The Labute approximate surface area is 123 Å². The van der Waals surface area contributed by atoms with Crippen LogP contribution in [-0.4, -0.2) is 12.7 Å². The summed E-state index contributed by atoms with van der Waals surface area (Å²) in [7, 11) is 0. The highest BCUT2D eigenvalue weighted by atomic mass is 32.1. The lowest BCUT2D eigenvalue weighted by molar-refractivity contribution is 0.148. The van der Waals surface area contributed by atoms with Crippen LogP contribution in [0.2, 0.25) is 0 Å². The SMILES string of the molecule is CCOC(=O)NC(Cc1ccccc1)c1sccc1C. The number of amides is 1. The van der Waals surface area contributed by atoms with Crippen molar-refractivity contribution in [1.82, 2.24) is 5.32 Å². The molecule has 0 aliphatic carbocycles. The number of hydrogen-bond acceptors (Lipinski definition) is 3. The molecule has 1 amide bonds. The van der Waals surface area contributed by atoms with Crippen LogP contribution in [0.5, 0.6) is 0 Å². The van der Waals surface area contributed by atoms with Gasteiger partial charge in [-0.05, 0) is 42.8 Å². The number of hydrogen-bond donors (Lipinski definition) is 1. The maximum Gasteiger partial charge on any atom is 0.407 e. The van der Waals surface area contributed by atoms with E-state index in [1.165, 1.54) is 16.0 Å². The molecule has 0 aliphatic heterocycles. The van der Waals surface area contributed by atoms with Gasteiger partial charge in [-0.2, -0.15) is 0 Å². The van der Waals surface area contributed by atoms with Crippen molar-refractivity contribution in [2.75, 3.05) is 6.61 Å². The number of carbonyl (C=O) groups is 1. The third-order valence-electron chi connectivity index (χ3n) is 3.07. The molecule has 106 valence electrons. The fourth-order valence-electron chi connectivity index (χ4n) is 2.12. The molecule has 1 atom stereocenters. The van der Waals surface area contributed by atoms with E-state index < -0.39 is 0 Å². The second-order valence-electron chi connectivity index (χ2n) is 4.57. The predicted octanol–water partition coefficient (Wildman–Crippen LogP) is 4.09. The molecule has 0 spiro atoms. The molecule has 2 aromatic rings. The molecular formula is C16H19NO2S. The fraction of sp³-hybridized carbons (Fsp3) is 0.312. The molecule has 4 heteroatoms. The quantitative estimate of drug-likeness (QED) is 0.900. The highest BCUT2D eigenvalue weighted by molar-refractivity contribution is 7.10. The van der Waals surface area contributed by atoms with Crippen molar-refractivity contribution < 1.29 is 9.53 Å². The minimum atomic E-state index is -0.360. The summed E-state index contributed by atoms with van der Waals surface area (Å²) >= 11 is 1.67. The summed E-state index contributed by atoms with van der Waals surface area (Å²) in [5, 5.41) is 5.01. The first kappa shape index (κ1) is 14.6. The minimum Gasteiger partial charge on any atom is -0.450 e. The van der Waals surface area contributed by atoms with Gasteiger partial charge in [0.2, 0.25) is 0 Å². The zero-order chi connectivity index (χ0) is 14.4. The number of carbonyl (C=O) groups excluding carboxylic acids is 1. The number of rotatable bonds is 5. The van der Waals surface area contributed by atoms with Crippen LogP contribution in [-0.2, 0) is 11.2 Å². The molecular weight excluding hydrogens is 270 g/mol. The highest BCUT2D eigenvalue weighted by Crippen LogP contribution is 2.27. The summed E-state index contributed by atoms with van der Waals surface area (Å²) in [5.41, 5.74) is 2.40. The van der Waals surface area contributed by atoms with Crippen molar-refractivity contribution in [3.8, 4) is 0 Å². The van der Waals surface area contributed by atoms with E-state index >= 15 is 0 Å². The molecule has 0 radical (unpaired) electrons. The van der Waals surface area contributed by atoms with E-state index in [2.05, 4.69) is 35.8 Å². The Bertz CT molecular complexity index is 551. The van der Waals surface area contributed by atoms with Gasteiger partial charge in [0, 0.05) is 4.88 Å². The molecule has 1 N–H and O–H groups in total. The first-order valence-corrected chi connectivity index (χ1v) is 7.60. The maximum atomic E-state index is 11.7. The summed E-state index contributed by atoms with van der Waals surface area (Å²) in [4.78, 5) is 12.9. The van der Waals surface area contributed by atoms with Gasteiger partial charge in [-0.1, -0.05) is 30.3 Å². The third-order valence-corrected chi connectivity index (χ3v) is 4.20. The van der Waals surface area contributed by atoms with Gasteiger partial charge in [0.1, 0.15) is 0 Å². The molecule has 0 aliphatic rings. The summed E-state index contributed by atoms with van der Waals surface area (Å²) in [6.45, 7) is 4.26. The van der Waals surface area contributed by atoms with E-state index in [1.807, 2.05) is 25.1 Å². The van der Waals surface area contributed by atoms with Crippen molar-refractivity contribution in [2.45, 2.75) is 26.3 Å². The van der Waals surface area contributed by atoms with Gasteiger partial charge in [0.15, 0.2) is 0 Å². The number of alkyl carbamates (subject to hydrolysis) is 1. The van der Waals surface area contributed by atoms with Crippen LogP contribution in [0.15, 0.2) is 41.8 Å². The number of benzene rings is 1. The van der Waals surface area contributed by atoms with Crippen LogP contribution in [0.1, 0.15) is 29.0 Å². The van der Waals surface area contributed by atoms with Gasteiger partial charge in [0.25, 0.3) is 0 Å². The average molecular weight is 289 g/mol. The third kappa shape index (κ3) is 3.84. The minimum absolute atomic E-state index is 0.0450. The van der Waals surface area contributed by atoms with Gasteiger partial charge < -0.3 is 10.1 Å². The second kappa shape index (κ2) is 7.10. The molecule has 2 rings (SSSR count). The summed E-state index contributed by atoms with van der Waals surface area (Å²) in [5.74, 6) is 0. The van der Waals surface area contributed by atoms with E-state index in [4.69, 9.17) is 4.74 Å². The normalized spacial score (nSPS) is 11.9. The molecule has 3 nitrogen and oxygen atoms in total. The van der Waals surface area contributed by atoms with E-state index in [1.54, 1.807) is 11.3 Å². The van der Waals surface area contributed by atoms with Crippen LogP contribution >= 0.6 is 11.3 Å². The number of ether oxygens (including phenoxy) is 1. The lowest BCUT2D eigenvalue weighted by Gasteiger charge is -2.18. The first-order chi connectivity index (χ1) is 9.70. The van der Waals surface area contributed by atoms with Crippen molar-refractivity contribution >= 4 is 17.4 Å². The molecule has 1 aromatic carbocycles. The number of nitrogens with one attached hydrogen (secondary N) is 1. The van der Waals surface area contributed by atoms with Gasteiger partial charge in [-0.25, -0.2) is 4.79 Å². The Morgan fingerprint density at radius 1 is 1.30 bits per heavy atom. The molecule has 0 bridgehead atoms. The van der Waals surface area contributed by atoms with Crippen molar-refractivity contribution in [3.05, 3.63) is 57.8 Å². The Balaban J connectivity index is 2.16. The Kier molecular flexibility index (Phi) is 5.18. The molecule has 0 fully saturated rings. The van der Waals surface area contributed by atoms with Gasteiger partial charge in [-0.3, -0.25) is 0 Å². The van der Waals surface area contributed by atoms with Crippen LogP contribution in [0.25, 0.3) is 0 Å². The van der Waals surface area contributed by atoms with Crippen LogP contribution in [0.3, 0.4) is 0 Å². The zero-order valence-corrected chi connectivity index (χ0v) is 12.6. The Morgan fingerprint density at radius 3 is 2.65 bits per heavy atom.